The maximum absolute atomic E-state index is 12.3. The SMILES string of the molecule is CCOC(=O)CN(C)C(=O)c1cccc(OC)c1OC. The summed E-state index contributed by atoms with van der Waals surface area (Å²) in [4.78, 5) is 25.0. The summed E-state index contributed by atoms with van der Waals surface area (Å²) in [5, 5.41) is 0. The second-order valence-electron chi connectivity index (χ2n) is 4.01. The molecule has 6 heteroatoms. The van der Waals surface area contributed by atoms with Crippen LogP contribution >= 0.6 is 0 Å². The van der Waals surface area contributed by atoms with Crippen molar-refractivity contribution >= 4 is 11.9 Å². The first-order valence-electron chi connectivity index (χ1n) is 6.17. The van der Waals surface area contributed by atoms with Crippen molar-refractivity contribution in [1.29, 1.82) is 0 Å². The van der Waals surface area contributed by atoms with E-state index in [2.05, 4.69) is 0 Å². The van der Waals surface area contributed by atoms with Gasteiger partial charge in [0.15, 0.2) is 11.5 Å². The minimum Gasteiger partial charge on any atom is -0.493 e. The van der Waals surface area contributed by atoms with E-state index in [1.807, 2.05) is 0 Å². The lowest BCUT2D eigenvalue weighted by Gasteiger charge is -2.18. The molecule has 0 bridgehead atoms. The first-order chi connectivity index (χ1) is 9.54. The van der Waals surface area contributed by atoms with Gasteiger partial charge < -0.3 is 19.1 Å². The zero-order chi connectivity index (χ0) is 15.1. The van der Waals surface area contributed by atoms with Crippen molar-refractivity contribution < 1.29 is 23.8 Å². The van der Waals surface area contributed by atoms with E-state index in [9.17, 15) is 9.59 Å². The molecule has 0 fully saturated rings. The Morgan fingerprint density at radius 2 is 1.90 bits per heavy atom. The molecular formula is C14H19NO5. The van der Waals surface area contributed by atoms with E-state index in [-0.39, 0.29) is 19.1 Å². The fourth-order valence-electron chi connectivity index (χ4n) is 1.73. The van der Waals surface area contributed by atoms with Crippen molar-refractivity contribution in [2.24, 2.45) is 0 Å². The average molecular weight is 281 g/mol. The number of carbonyl (C=O) groups excluding carboxylic acids is 2. The summed E-state index contributed by atoms with van der Waals surface area (Å²) in [7, 11) is 4.48. The summed E-state index contributed by atoms with van der Waals surface area (Å²) < 4.78 is 15.2. The molecule has 0 aliphatic rings. The van der Waals surface area contributed by atoms with E-state index in [1.54, 1.807) is 25.1 Å². The van der Waals surface area contributed by atoms with E-state index >= 15 is 0 Å². The van der Waals surface area contributed by atoms with Gasteiger partial charge in [0.05, 0.1) is 26.4 Å². The molecule has 0 heterocycles. The predicted molar refractivity (Wildman–Crippen MR) is 73.1 cm³/mol. The summed E-state index contributed by atoms with van der Waals surface area (Å²) >= 11 is 0. The molecule has 1 amide bonds. The summed E-state index contributed by atoms with van der Waals surface area (Å²) in [6, 6.07) is 5.00. The van der Waals surface area contributed by atoms with Crippen LogP contribution in [0.5, 0.6) is 11.5 Å². The number of benzene rings is 1. The van der Waals surface area contributed by atoms with Gasteiger partial charge in [-0.15, -0.1) is 0 Å². The number of rotatable bonds is 6. The smallest absolute Gasteiger partial charge is 0.325 e. The Morgan fingerprint density at radius 1 is 1.20 bits per heavy atom. The average Bonchev–Trinajstić information content (AvgIpc) is 2.45. The number of para-hydroxylation sites is 1. The van der Waals surface area contributed by atoms with Crippen LogP contribution in [0.1, 0.15) is 17.3 Å². The van der Waals surface area contributed by atoms with Crippen molar-refractivity contribution in [3.8, 4) is 11.5 Å². The highest BCUT2D eigenvalue weighted by atomic mass is 16.5. The number of ether oxygens (including phenoxy) is 3. The standard InChI is InChI=1S/C14H19NO5/c1-5-20-12(16)9-15(2)14(17)10-7-6-8-11(18-3)13(10)19-4/h6-8H,5,9H2,1-4H3. The molecule has 0 aliphatic carbocycles. The Morgan fingerprint density at radius 3 is 2.45 bits per heavy atom. The number of amides is 1. The normalized spacial score (nSPS) is 9.80. The first-order valence-corrected chi connectivity index (χ1v) is 6.17. The molecule has 1 aromatic carbocycles. The van der Waals surface area contributed by atoms with E-state index < -0.39 is 5.97 Å². The van der Waals surface area contributed by atoms with Gasteiger partial charge in [-0.25, -0.2) is 0 Å². The lowest BCUT2D eigenvalue weighted by Crippen LogP contribution is -2.33. The van der Waals surface area contributed by atoms with Gasteiger partial charge in [0, 0.05) is 7.05 Å². The molecule has 0 aromatic heterocycles. The van der Waals surface area contributed by atoms with Crippen LogP contribution in [0.15, 0.2) is 18.2 Å². The van der Waals surface area contributed by atoms with Crippen LogP contribution in [-0.2, 0) is 9.53 Å². The third-order valence-corrected chi connectivity index (χ3v) is 2.65. The number of likely N-dealkylation sites (N-methyl/N-ethyl adjacent to an activating group) is 1. The molecular weight excluding hydrogens is 262 g/mol. The molecule has 20 heavy (non-hydrogen) atoms. The van der Waals surface area contributed by atoms with Crippen molar-refractivity contribution in [2.75, 3.05) is 34.4 Å². The van der Waals surface area contributed by atoms with Gasteiger partial charge in [-0.2, -0.15) is 0 Å². The van der Waals surface area contributed by atoms with Crippen molar-refractivity contribution in [1.82, 2.24) is 4.90 Å². The number of hydrogen-bond acceptors (Lipinski definition) is 5. The lowest BCUT2D eigenvalue weighted by molar-refractivity contribution is -0.143. The Hall–Kier alpha value is -2.24. The maximum atomic E-state index is 12.3. The second-order valence-corrected chi connectivity index (χ2v) is 4.01. The minimum atomic E-state index is -0.454. The number of esters is 1. The second kappa shape index (κ2) is 7.37. The molecule has 0 saturated carbocycles. The van der Waals surface area contributed by atoms with Gasteiger partial charge in [0.1, 0.15) is 6.54 Å². The van der Waals surface area contributed by atoms with Crippen LogP contribution in [-0.4, -0.2) is 51.2 Å². The number of methoxy groups -OCH3 is 2. The molecule has 0 spiro atoms. The summed E-state index contributed by atoms with van der Waals surface area (Å²) in [6.07, 6.45) is 0. The summed E-state index contributed by atoms with van der Waals surface area (Å²) in [5.41, 5.74) is 0.332. The van der Waals surface area contributed by atoms with Crippen LogP contribution < -0.4 is 9.47 Å². The molecule has 1 aromatic rings. The Kier molecular flexibility index (Phi) is 5.83. The third-order valence-electron chi connectivity index (χ3n) is 2.65. The van der Waals surface area contributed by atoms with Crippen LogP contribution in [0.25, 0.3) is 0 Å². The first kappa shape index (κ1) is 15.8. The van der Waals surface area contributed by atoms with E-state index in [4.69, 9.17) is 14.2 Å². The molecule has 0 unspecified atom stereocenters. The van der Waals surface area contributed by atoms with Crippen LogP contribution in [0, 0.1) is 0 Å². The monoisotopic (exact) mass is 281 g/mol. The fraction of sp³-hybridized carbons (Fsp3) is 0.429. The summed E-state index contributed by atoms with van der Waals surface area (Å²) in [5.74, 6) is 0.0117. The zero-order valence-corrected chi connectivity index (χ0v) is 12.1. The molecule has 1 rings (SSSR count). The Bertz CT molecular complexity index is 486. The number of nitrogens with zero attached hydrogens (tertiary/aromatic N) is 1. The van der Waals surface area contributed by atoms with Gasteiger partial charge in [-0.05, 0) is 19.1 Å². The fourth-order valence-corrected chi connectivity index (χ4v) is 1.73. The Balaban J connectivity index is 2.94. The van der Waals surface area contributed by atoms with E-state index in [0.717, 1.165) is 0 Å². The van der Waals surface area contributed by atoms with E-state index in [0.29, 0.717) is 17.1 Å². The van der Waals surface area contributed by atoms with Gasteiger partial charge in [0.25, 0.3) is 5.91 Å². The van der Waals surface area contributed by atoms with Gasteiger partial charge >= 0.3 is 5.97 Å². The van der Waals surface area contributed by atoms with Crippen LogP contribution in [0.2, 0.25) is 0 Å². The van der Waals surface area contributed by atoms with Crippen molar-refractivity contribution in [3.63, 3.8) is 0 Å². The highest BCUT2D eigenvalue weighted by Gasteiger charge is 2.21. The van der Waals surface area contributed by atoms with Crippen molar-refractivity contribution in [3.05, 3.63) is 23.8 Å². The van der Waals surface area contributed by atoms with Gasteiger partial charge in [-0.3, -0.25) is 9.59 Å². The Labute approximate surface area is 118 Å². The van der Waals surface area contributed by atoms with Crippen LogP contribution in [0.3, 0.4) is 0 Å². The largest absolute Gasteiger partial charge is 0.493 e. The van der Waals surface area contributed by atoms with Gasteiger partial charge in [0.2, 0.25) is 0 Å². The maximum Gasteiger partial charge on any atom is 0.325 e. The molecule has 0 aliphatic heterocycles. The quantitative estimate of drug-likeness (QED) is 0.736. The zero-order valence-electron chi connectivity index (χ0n) is 12.1. The molecule has 0 N–H and O–H groups in total. The van der Waals surface area contributed by atoms with E-state index in [1.165, 1.54) is 26.2 Å². The predicted octanol–water partition coefficient (Wildman–Crippen LogP) is 1.34. The molecule has 0 atom stereocenters. The minimum absolute atomic E-state index is 0.118. The molecule has 0 radical (unpaired) electrons. The molecule has 110 valence electrons. The van der Waals surface area contributed by atoms with Crippen molar-refractivity contribution in [2.45, 2.75) is 6.92 Å². The topological polar surface area (TPSA) is 65.1 Å². The van der Waals surface area contributed by atoms with Crippen LogP contribution in [0.4, 0.5) is 0 Å². The summed E-state index contributed by atoms with van der Waals surface area (Å²) in [6.45, 7) is 1.88. The number of carbonyl (C=O) groups is 2. The highest BCUT2D eigenvalue weighted by Crippen LogP contribution is 2.31. The van der Waals surface area contributed by atoms with Gasteiger partial charge in [-0.1, -0.05) is 6.07 Å². The lowest BCUT2D eigenvalue weighted by atomic mass is 10.1. The molecule has 6 nitrogen and oxygen atoms in total. The third kappa shape index (κ3) is 3.63. The molecule has 0 saturated heterocycles. The number of hydrogen-bond donors (Lipinski definition) is 0. The highest BCUT2D eigenvalue weighted by molar-refractivity contribution is 5.99.